The maximum absolute atomic E-state index is 10.1. The van der Waals surface area contributed by atoms with E-state index in [4.69, 9.17) is 9.47 Å². The van der Waals surface area contributed by atoms with E-state index in [1.165, 1.54) is 0 Å². The van der Waals surface area contributed by atoms with Crippen molar-refractivity contribution in [3.8, 4) is 5.75 Å². The van der Waals surface area contributed by atoms with Gasteiger partial charge in [-0.05, 0) is 32.3 Å². The third-order valence-corrected chi connectivity index (χ3v) is 2.65. The minimum atomic E-state index is -0.449. The third-order valence-electron chi connectivity index (χ3n) is 2.65. The van der Waals surface area contributed by atoms with Gasteiger partial charge in [0.2, 0.25) is 0 Å². The van der Waals surface area contributed by atoms with Crippen molar-refractivity contribution in [3.63, 3.8) is 0 Å². The molecule has 0 saturated carbocycles. The van der Waals surface area contributed by atoms with Crippen LogP contribution in [-0.2, 0) is 4.74 Å². The van der Waals surface area contributed by atoms with Gasteiger partial charge in [-0.2, -0.15) is 0 Å². The number of unbranched alkanes of at least 4 members (excludes halogenated alkanes) is 1. The predicted octanol–water partition coefficient (Wildman–Crippen LogP) is 2.94. The van der Waals surface area contributed by atoms with E-state index in [-0.39, 0.29) is 0 Å². The number of benzene rings is 1. The van der Waals surface area contributed by atoms with Crippen LogP contribution in [0.3, 0.4) is 0 Å². The highest BCUT2D eigenvalue weighted by Gasteiger charge is 2.12. The fourth-order valence-electron chi connectivity index (χ4n) is 1.78. The molecule has 1 N–H and O–H groups in total. The normalized spacial score (nSPS) is 12.4. The topological polar surface area (TPSA) is 38.7 Å². The Bertz CT molecular complexity index is 312. The van der Waals surface area contributed by atoms with Crippen LogP contribution < -0.4 is 4.74 Å². The molecule has 0 aliphatic rings. The number of ether oxygens (including phenoxy) is 2. The molecule has 0 aliphatic carbocycles. The van der Waals surface area contributed by atoms with Gasteiger partial charge in [-0.25, -0.2) is 0 Å². The Kier molecular flexibility index (Phi) is 6.67. The van der Waals surface area contributed by atoms with E-state index in [2.05, 4.69) is 0 Å². The van der Waals surface area contributed by atoms with Gasteiger partial charge in [-0.1, -0.05) is 18.2 Å². The number of aliphatic hydroxyl groups excluding tert-OH is 1. The van der Waals surface area contributed by atoms with Gasteiger partial charge < -0.3 is 14.6 Å². The van der Waals surface area contributed by atoms with Crippen molar-refractivity contribution in [1.82, 2.24) is 0 Å². The van der Waals surface area contributed by atoms with Crippen LogP contribution in [0.25, 0.3) is 0 Å². The van der Waals surface area contributed by atoms with E-state index in [0.29, 0.717) is 6.61 Å². The minimum Gasteiger partial charge on any atom is -0.493 e. The van der Waals surface area contributed by atoms with Gasteiger partial charge in [0.25, 0.3) is 0 Å². The number of para-hydroxylation sites is 1. The second kappa shape index (κ2) is 8.09. The minimum absolute atomic E-state index is 0.449. The molecule has 0 spiro atoms. The van der Waals surface area contributed by atoms with Crippen molar-refractivity contribution in [1.29, 1.82) is 0 Å². The van der Waals surface area contributed by atoms with Crippen LogP contribution in [0.1, 0.15) is 37.9 Å². The molecule has 0 radical (unpaired) electrons. The van der Waals surface area contributed by atoms with Crippen LogP contribution in [0.4, 0.5) is 0 Å². The molecule has 0 bridgehead atoms. The van der Waals surface area contributed by atoms with E-state index in [9.17, 15) is 5.11 Å². The average Bonchev–Trinajstić information content (AvgIpc) is 2.35. The van der Waals surface area contributed by atoms with Crippen molar-refractivity contribution in [2.75, 3.05) is 20.3 Å². The summed E-state index contributed by atoms with van der Waals surface area (Å²) in [6.45, 7) is 3.31. The summed E-state index contributed by atoms with van der Waals surface area (Å²) in [5.41, 5.74) is 0.881. The summed E-state index contributed by atoms with van der Waals surface area (Å²) in [7, 11) is 1.70. The van der Waals surface area contributed by atoms with Gasteiger partial charge >= 0.3 is 0 Å². The molecule has 0 aromatic heterocycles. The fraction of sp³-hybridized carbons (Fsp3) is 0.571. The molecule has 3 heteroatoms. The smallest absolute Gasteiger partial charge is 0.125 e. The quantitative estimate of drug-likeness (QED) is 0.708. The van der Waals surface area contributed by atoms with Gasteiger partial charge in [-0.15, -0.1) is 0 Å². The van der Waals surface area contributed by atoms with Crippen molar-refractivity contribution >= 4 is 0 Å². The second-order valence-electron chi connectivity index (χ2n) is 3.98. The van der Waals surface area contributed by atoms with Crippen LogP contribution in [0.5, 0.6) is 5.75 Å². The van der Waals surface area contributed by atoms with Crippen molar-refractivity contribution in [3.05, 3.63) is 29.8 Å². The molecule has 1 rings (SSSR count). The largest absolute Gasteiger partial charge is 0.493 e. The Morgan fingerprint density at radius 2 is 2.00 bits per heavy atom. The summed E-state index contributed by atoms with van der Waals surface area (Å²) < 4.78 is 10.5. The molecule has 0 saturated heterocycles. The first-order chi connectivity index (χ1) is 8.29. The first-order valence-corrected chi connectivity index (χ1v) is 6.18. The predicted molar refractivity (Wildman–Crippen MR) is 68.3 cm³/mol. The van der Waals surface area contributed by atoms with Crippen LogP contribution in [-0.4, -0.2) is 25.4 Å². The standard InChI is InChI=1S/C14H22O3/c1-3-17-14-10-5-4-8-12(14)13(15)9-6-7-11-16-2/h4-5,8,10,13,15H,3,6-7,9,11H2,1-2H3. The van der Waals surface area contributed by atoms with Crippen molar-refractivity contribution in [2.24, 2.45) is 0 Å². The highest BCUT2D eigenvalue weighted by Crippen LogP contribution is 2.28. The molecule has 1 unspecified atom stereocenters. The van der Waals surface area contributed by atoms with Gasteiger partial charge in [0.15, 0.2) is 0 Å². The number of methoxy groups -OCH3 is 1. The molecule has 1 aromatic carbocycles. The lowest BCUT2D eigenvalue weighted by atomic mass is 10.0. The number of rotatable bonds is 8. The molecule has 0 amide bonds. The van der Waals surface area contributed by atoms with Crippen LogP contribution in [0, 0.1) is 0 Å². The number of hydrogen-bond acceptors (Lipinski definition) is 3. The van der Waals surface area contributed by atoms with Gasteiger partial charge in [0.05, 0.1) is 12.7 Å². The molecule has 3 nitrogen and oxygen atoms in total. The Hall–Kier alpha value is -1.06. The maximum atomic E-state index is 10.1. The SMILES string of the molecule is CCOc1ccccc1C(O)CCCCOC. The molecule has 96 valence electrons. The first kappa shape index (κ1) is 14.0. The third kappa shape index (κ3) is 4.75. The Balaban J connectivity index is 2.52. The summed E-state index contributed by atoms with van der Waals surface area (Å²) in [6.07, 6.45) is 2.22. The van der Waals surface area contributed by atoms with Gasteiger partial charge in [-0.3, -0.25) is 0 Å². The van der Waals surface area contributed by atoms with E-state index in [1.54, 1.807) is 7.11 Å². The summed E-state index contributed by atoms with van der Waals surface area (Å²) >= 11 is 0. The number of hydrogen-bond donors (Lipinski definition) is 1. The van der Waals surface area contributed by atoms with E-state index >= 15 is 0 Å². The molecular formula is C14H22O3. The Morgan fingerprint density at radius 3 is 2.71 bits per heavy atom. The lowest BCUT2D eigenvalue weighted by molar-refractivity contribution is 0.147. The molecule has 0 fully saturated rings. The lowest BCUT2D eigenvalue weighted by Gasteiger charge is -2.15. The molecule has 17 heavy (non-hydrogen) atoms. The zero-order valence-corrected chi connectivity index (χ0v) is 10.7. The first-order valence-electron chi connectivity index (χ1n) is 6.18. The van der Waals surface area contributed by atoms with Crippen LogP contribution in [0.2, 0.25) is 0 Å². The van der Waals surface area contributed by atoms with E-state index in [0.717, 1.165) is 37.2 Å². The molecular weight excluding hydrogens is 216 g/mol. The fourth-order valence-corrected chi connectivity index (χ4v) is 1.78. The van der Waals surface area contributed by atoms with Crippen molar-refractivity contribution in [2.45, 2.75) is 32.3 Å². The van der Waals surface area contributed by atoms with E-state index in [1.807, 2.05) is 31.2 Å². The molecule has 0 aliphatic heterocycles. The Morgan fingerprint density at radius 1 is 1.24 bits per heavy atom. The summed E-state index contributed by atoms with van der Waals surface area (Å²) in [4.78, 5) is 0. The van der Waals surface area contributed by atoms with Gasteiger partial charge in [0.1, 0.15) is 5.75 Å². The Labute approximate surface area is 103 Å². The van der Waals surface area contributed by atoms with E-state index < -0.39 is 6.10 Å². The zero-order chi connectivity index (χ0) is 12.5. The lowest BCUT2D eigenvalue weighted by Crippen LogP contribution is -2.03. The van der Waals surface area contributed by atoms with Crippen molar-refractivity contribution < 1.29 is 14.6 Å². The van der Waals surface area contributed by atoms with Gasteiger partial charge in [0, 0.05) is 19.3 Å². The maximum Gasteiger partial charge on any atom is 0.125 e. The monoisotopic (exact) mass is 238 g/mol. The molecule has 1 aromatic rings. The van der Waals surface area contributed by atoms with Crippen LogP contribution >= 0.6 is 0 Å². The summed E-state index contributed by atoms with van der Waals surface area (Å²) in [5.74, 6) is 0.786. The number of aliphatic hydroxyl groups is 1. The summed E-state index contributed by atoms with van der Waals surface area (Å²) in [6, 6.07) is 7.67. The highest BCUT2D eigenvalue weighted by molar-refractivity contribution is 5.34. The summed E-state index contributed by atoms with van der Waals surface area (Å²) in [5, 5.41) is 10.1. The molecule has 0 heterocycles. The molecule has 1 atom stereocenters. The second-order valence-corrected chi connectivity index (χ2v) is 3.98. The zero-order valence-electron chi connectivity index (χ0n) is 10.7. The van der Waals surface area contributed by atoms with Crippen LogP contribution in [0.15, 0.2) is 24.3 Å². The highest BCUT2D eigenvalue weighted by atomic mass is 16.5. The average molecular weight is 238 g/mol.